The highest BCUT2D eigenvalue weighted by atomic mass is 32.2. The van der Waals surface area contributed by atoms with E-state index >= 15 is 0 Å². The quantitative estimate of drug-likeness (QED) is 0.209. The Morgan fingerprint density at radius 3 is 2.72 bits per heavy atom. The van der Waals surface area contributed by atoms with Gasteiger partial charge in [-0.15, -0.1) is 11.8 Å². The Morgan fingerprint density at radius 1 is 1.31 bits per heavy atom. The fourth-order valence-electron chi connectivity index (χ4n) is 5.55. The molecule has 3 fully saturated rings. The highest BCUT2D eigenvalue weighted by molar-refractivity contribution is 7.99. The third-order valence-corrected chi connectivity index (χ3v) is 9.04. The molecule has 1 saturated carbocycles. The number of aliphatic hydroxyl groups is 1. The van der Waals surface area contributed by atoms with Gasteiger partial charge >= 0.3 is 12.1 Å². The van der Waals surface area contributed by atoms with Crippen molar-refractivity contribution < 1.29 is 28.8 Å². The number of morpholine rings is 1. The standard InChI is InChI=1S/C27H42N2O6S/c1-18(2)8-13-24-26(3,35-24)19-9-11-21(12-10-19)34-25(30)29-14-15-33-27(31,32-4)23(29)17-36-22-7-5-6-20(28)16-22/h5-7,16,18-19,21,23-24,31H,8-15,17,28H2,1-4H3. The molecule has 1 aromatic rings. The average molecular weight is 523 g/mol. The summed E-state index contributed by atoms with van der Waals surface area (Å²) in [4.78, 5) is 15.8. The van der Waals surface area contributed by atoms with Gasteiger partial charge in [0.1, 0.15) is 12.1 Å². The second-order valence-corrected chi connectivity index (χ2v) is 12.0. The number of hydrogen-bond donors (Lipinski definition) is 2. The van der Waals surface area contributed by atoms with E-state index in [9.17, 15) is 9.90 Å². The Kier molecular flexibility index (Phi) is 8.77. The van der Waals surface area contributed by atoms with Crippen LogP contribution < -0.4 is 5.73 Å². The van der Waals surface area contributed by atoms with Crippen LogP contribution in [-0.2, 0) is 18.9 Å². The summed E-state index contributed by atoms with van der Waals surface area (Å²) in [6.45, 7) is 7.24. The highest BCUT2D eigenvalue weighted by Crippen LogP contribution is 2.50. The summed E-state index contributed by atoms with van der Waals surface area (Å²) < 4.78 is 22.9. The van der Waals surface area contributed by atoms with Gasteiger partial charge in [-0.25, -0.2) is 4.79 Å². The number of thioether (sulfide) groups is 1. The smallest absolute Gasteiger partial charge is 0.410 e. The zero-order valence-electron chi connectivity index (χ0n) is 22.0. The second-order valence-electron chi connectivity index (χ2n) is 10.9. The van der Waals surface area contributed by atoms with Gasteiger partial charge in [-0.3, -0.25) is 4.90 Å². The molecule has 3 aliphatic rings. The van der Waals surface area contributed by atoms with Crippen molar-refractivity contribution in [2.45, 2.75) is 94.0 Å². The summed E-state index contributed by atoms with van der Waals surface area (Å²) in [7, 11) is 1.38. The first-order chi connectivity index (χ1) is 17.1. The minimum Gasteiger partial charge on any atom is -0.446 e. The normalized spacial score (nSPS) is 34.6. The van der Waals surface area contributed by atoms with E-state index in [1.807, 2.05) is 24.3 Å². The number of hydrogen-bond acceptors (Lipinski definition) is 8. The number of carbonyl (C=O) groups excluding carboxylic acids is 1. The van der Waals surface area contributed by atoms with Gasteiger partial charge in [0.25, 0.3) is 0 Å². The molecule has 9 heteroatoms. The van der Waals surface area contributed by atoms with Crippen LogP contribution >= 0.6 is 11.8 Å². The van der Waals surface area contributed by atoms with Gasteiger partial charge in [-0.05, 0) is 75.5 Å². The van der Waals surface area contributed by atoms with Crippen LogP contribution in [0.3, 0.4) is 0 Å². The molecule has 4 atom stereocenters. The van der Waals surface area contributed by atoms with Crippen molar-refractivity contribution in [3.63, 3.8) is 0 Å². The molecular weight excluding hydrogens is 480 g/mol. The Labute approximate surface area is 219 Å². The zero-order valence-corrected chi connectivity index (χ0v) is 22.8. The largest absolute Gasteiger partial charge is 0.446 e. The van der Waals surface area contributed by atoms with E-state index in [-0.39, 0.29) is 18.3 Å². The molecule has 202 valence electrons. The van der Waals surface area contributed by atoms with Crippen LogP contribution in [0.25, 0.3) is 0 Å². The summed E-state index contributed by atoms with van der Waals surface area (Å²) in [6, 6.07) is 6.76. The molecule has 0 bridgehead atoms. The molecule has 4 rings (SSSR count). The van der Waals surface area contributed by atoms with Crippen molar-refractivity contribution in [2.24, 2.45) is 11.8 Å². The Morgan fingerprint density at radius 2 is 2.06 bits per heavy atom. The van der Waals surface area contributed by atoms with Crippen LogP contribution in [0.1, 0.15) is 59.3 Å². The number of anilines is 1. The van der Waals surface area contributed by atoms with Crippen molar-refractivity contribution in [3.05, 3.63) is 24.3 Å². The van der Waals surface area contributed by atoms with E-state index in [1.54, 1.807) is 4.90 Å². The van der Waals surface area contributed by atoms with Gasteiger partial charge in [0.05, 0.1) is 18.3 Å². The molecular formula is C27H42N2O6S. The molecule has 36 heavy (non-hydrogen) atoms. The molecule has 1 aromatic carbocycles. The number of epoxide rings is 1. The van der Waals surface area contributed by atoms with Gasteiger partial charge in [0.2, 0.25) is 0 Å². The minimum absolute atomic E-state index is 0.0216. The molecule has 8 nitrogen and oxygen atoms in total. The highest BCUT2D eigenvalue weighted by Gasteiger charge is 2.57. The molecule has 1 aliphatic carbocycles. The maximum Gasteiger partial charge on any atom is 0.410 e. The fourth-order valence-corrected chi connectivity index (χ4v) is 6.69. The molecule has 2 aliphatic heterocycles. The fraction of sp³-hybridized carbons (Fsp3) is 0.741. The third kappa shape index (κ3) is 6.30. The third-order valence-electron chi connectivity index (χ3n) is 7.97. The number of amides is 1. The van der Waals surface area contributed by atoms with E-state index in [1.165, 1.54) is 25.3 Å². The lowest BCUT2D eigenvalue weighted by Gasteiger charge is -2.44. The summed E-state index contributed by atoms with van der Waals surface area (Å²) >= 11 is 1.48. The first-order valence-corrected chi connectivity index (χ1v) is 14.2. The number of rotatable bonds is 9. The van der Waals surface area contributed by atoms with Crippen LogP contribution in [0.5, 0.6) is 0 Å². The number of nitrogens with zero attached hydrogens (tertiary/aromatic N) is 1. The topological polar surface area (TPSA) is 107 Å². The van der Waals surface area contributed by atoms with Crippen molar-refractivity contribution >= 4 is 23.5 Å². The maximum absolute atomic E-state index is 13.3. The Hall–Kier alpha value is -1.52. The molecule has 3 N–H and O–H groups in total. The number of nitrogen functional groups attached to an aromatic ring is 1. The van der Waals surface area contributed by atoms with Crippen LogP contribution in [0.2, 0.25) is 0 Å². The van der Waals surface area contributed by atoms with E-state index < -0.39 is 18.1 Å². The molecule has 4 unspecified atom stereocenters. The Bertz CT molecular complexity index is 895. The first kappa shape index (κ1) is 27.5. The van der Waals surface area contributed by atoms with Crippen LogP contribution in [-0.4, -0.2) is 71.9 Å². The van der Waals surface area contributed by atoms with Gasteiger partial charge in [0, 0.05) is 30.0 Å². The monoisotopic (exact) mass is 522 g/mol. The lowest BCUT2D eigenvalue weighted by atomic mass is 9.77. The SMILES string of the molecule is COC1(O)OCCN(C(=O)OC2CCC(C3(C)OC3CCC(C)C)CC2)C1CSc1cccc(N)c1. The first-order valence-electron chi connectivity index (χ1n) is 13.2. The zero-order chi connectivity index (χ0) is 25.9. The summed E-state index contributed by atoms with van der Waals surface area (Å²) in [5, 5.41) is 11.0. The van der Waals surface area contributed by atoms with Crippen molar-refractivity contribution in [2.75, 3.05) is 31.7 Å². The molecule has 0 spiro atoms. The van der Waals surface area contributed by atoms with E-state index in [0.717, 1.165) is 37.0 Å². The van der Waals surface area contributed by atoms with E-state index in [0.29, 0.717) is 35.9 Å². The molecule has 2 saturated heterocycles. The molecule has 0 aromatic heterocycles. The van der Waals surface area contributed by atoms with Crippen molar-refractivity contribution in [3.8, 4) is 0 Å². The summed E-state index contributed by atoms with van der Waals surface area (Å²) in [5.41, 5.74) is 6.53. The Balaban J connectivity index is 1.32. The lowest BCUT2D eigenvalue weighted by Crippen LogP contribution is -2.63. The summed E-state index contributed by atoms with van der Waals surface area (Å²) in [6.07, 6.45) is 5.75. The van der Waals surface area contributed by atoms with Gasteiger partial charge in [-0.1, -0.05) is 19.9 Å². The minimum atomic E-state index is -1.90. The number of carbonyl (C=O) groups is 1. The van der Waals surface area contributed by atoms with Gasteiger partial charge < -0.3 is 29.8 Å². The molecule has 0 radical (unpaired) electrons. The predicted molar refractivity (Wildman–Crippen MR) is 140 cm³/mol. The number of nitrogens with two attached hydrogens (primary N) is 1. The number of benzene rings is 1. The number of ether oxygens (including phenoxy) is 4. The van der Waals surface area contributed by atoms with Gasteiger partial charge in [-0.2, -0.15) is 0 Å². The van der Waals surface area contributed by atoms with E-state index in [4.69, 9.17) is 24.7 Å². The molecule has 2 heterocycles. The second kappa shape index (κ2) is 11.5. The van der Waals surface area contributed by atoms with Crippen LogP contribution in [0.4, 0.5) is 10.5 Å². The maximum atomic E-state index is 13.3. The van der Waals surface area contributed by atoms with Gasteiger partial charge in [0.15, 0.2) is 0 Å². The average Bonchev–Trinajstić information content (AvgIpc) is 3.53. The molecule has 1 amide bonds. The van der Waals surface area contributed by atoms with Crippen LogP contribution in [0, 0.1) is 11.8 Å². The summed E-state index contributed by atoms with van der Waals surface area (Å²) in [5.74, 6) is -0.333. The lowest BCUT2D eigenvalue weighted by molar-refractivity contribution is -0.386. The number of methoxy groups -OCH3 is 1. The van der Waals surface area contributed by atoms with Crippen molar-refractivity contribution in [1.82, 2.24) is 4.90 Å². The van der Waals surface area contributed by atoms with Crippen LogP contribution in [0.15, 0.2) is 29.2 Å². The predicted octanol–water partition coefficient (Wildman–Crippen LogP) is 4.64. The van der Waals surface area contributed by atoms with E-state index in [2.05, 4.69) is 20.8 Å². The van der Waals surface area contributed by atoms with Crippen molar-refractivity contribution in [1.29, 1.82) is 0 Å².